The zero-order chi connectivity index (χ0) is 20.1. The van der Waals surface area contributed by atoms with Gasteiger partial charge < -0.3 is 14.5 Å². The first-order valence-electron chi connectivity index (χ1n) is 9.26. The molecule has 0 spiro atoms. The number of fused-ring (bicyclic) bond motifs is 1. The van der Waals surface area contributed by atoms with Crippen molar-refractivity contribution in [1.29, 1.82) is 0 Å². The van der Waals surface area contributed by atoms with E-state index in [9.17, 15) is 9.59 Å². The molecule has 1 heterocycles. The van der Waals surface area contributed by atoms with E-state index < -0.39 is 5.91 Å². The molecule has 4 aromatic rings. The predicted molar refractivity (Wildman–Crippen MR) is 111 cm³/mol. The third kappa shape index (κ3) is 4.52. The molecule has 0 saturated heterocycles. The molecule has 144 valence electrons. The lowest BCUT2D eigenvalue weighted by Gasteiger charge is -2.08. The van der Waals surface area contributed by atoms with Gasteiger partial charge in [-0.25, -0.2) is 0 Å². The van der Waals surface area contributed by atoms with Gasteiger partial charge in [-0.1, -0.05) is 54.6 Å². The minimum Gasteiger partial charge on any atom is -0.489 e. The van der Waals surface area contributed by atoms with Crippen LogP contribution < -0.4 is 15.5 Å². The van der Waals surface area contributed by atoms with Crippen molar-refractivity contribution >= 4 is 16.9 Å². The molecular weight excluding hydrogens is 366 g/mol. The number of hydrogen-bond acceptors (Lipinski definition) is 4. The van der Waals surface area contributed by atoms with Gasteiger partial charge in [-0.2, -0.15) is 0 Å². The normalized spacial score (nSPS) is 10.6. The lowest BCUT2D eigenvalue weighted by Crippen LogP contribution is -2.24. The minimum absolute atomic E-state index is 0.00323. The summed E-state index contributed by atoms with van der Waals surface area (Å²) < 4.78 is 11.3. The fourth-order valence-electron chi connectivity index (χ4n) is 2.93. The van der Waals surface area contributed by atoms with Crippen LogP contribution in [0.25, 0.3) is 11.0 Å². The van der Waals surface area contributed by atoms with Gasteiger partial charge in [-0.3, -0.25) is 9.59 Å². The lowest BCUT2D eigenvalue weighted by molar-refractivity contribution is 0.0923. The van der Waals surface area contributed by atoms with Crippen molar-refractivity contribution in [2.24, 2.45) is 0 Å². The molecule has 29 heavy (non-hydrogen) atoms. The van der Waals surface area contributed by atoms with Crippen LogP contribution in [-0.2, 0) is 13.2 Å². The van der Waals surface area contributed by atoms with Crippen LogP contribution in [0.4, 0.5) is 0 Å². The summed E-state index contributed by atoms with van der Waals surface area (Å²) in [4.78, 5) is 24.5. The van der Waals surface area contributed by atoms with E-state index in [1.807, 2.05) is 54.6 Å². The molecule has 0 atom stereocenters. The summed E-state index contributed by atoms with van der Waals surface area (Å²) in [5, 5.41) is 3.23. The SMILES string of the molecule is O=C(NCc1ccc(OCc2ccccc2)cc1)c1cc(=O)c2ccccc2o1. The second-order valence-electron chi connectivity index (χ2n) is 6.57. The van der Waals surface area contributed by atoms with Gasteiger partial charge >= 0.3 is 0 Å². The van der Waals surface area contributed by atoms with Gasteiger partial charge in [0.15, 0.2) is 11.2 Å². The number of nitrogens with one attached hydrogen (secondary N) is 1. The van der Waals surface area contributed by atoms with Crippen molar-refractivity contribution in [3.63, 3.8) is 0 Å². The number of hydrogen-bond donors (Lipinski definition) is 1. The van der Waals surface area contributed by atoms with Crippen LogP contribution in [0.15, 0.2) is 94.1 Å². The first-order chi connectivity index (χ1) is 14.2. The topological polar surface area (TPSA) is 68.5 Å². The molecule has 0 radical (unpaired) electrons. The Bertz CT molecular complexity index is 1180. The number of amides is 1. The van der Waals surface area contributed by atoms with Crippen molar-refractivity contribution in [2.45, 2.75) is 13.2 Å². The summed E-state index contributed by atoms with van der Waals surface area (Å²) >= 11 is 0. The molecule has 0 fully saturated rings. The first kappa shape index (κ1) is 18.5. The van der Waals surface area contributed by atoms with Gasteiger partial charge in [0.05, 0.1) is 5.39 Å². The van der Waals surface area contributed by atoms with Crippen molar-refractivity contribution in [2.75, 3.05) is 0 Å². The number of para-hydroxylation sites is 1. The monoisotopic (exact) mass is 385 g/mol. The Kier molecular flexibility index (Phi) is 5.38. The van der Waals surface area contributed by atoms with Crippen LogP contribution in [0.1, 0.15) is 21.7 Å². The van der Waals surface area contributed by atoms with E-state index in [-0.39, 0.29) is 11.2 Å². The van der Waals surface area contributed by atoms with Gasteiger partial charge in [0.25, 0.3) is 5.91 Å². The van der Waals surface area contributed by atoms with Crippen molar-refractivity contribution in [3.05, 3.63) is 112 Å². The highest BCUT2D eigenvalue weighted by molar-refractivity contribution is 5.93. The van der Waals surface area contributed by atoms with Crippen LogP contribution in [0, 0.1) is 0 Å². The van der Waals surface area contributed by atoms with Gasteiger partial charge in [-0.15, -0.1) is 0 Å². The largest absolute Gasteiger partial charge is 0.489 e. The van der Waals surface area contributed by atoms with E-state index in [1.54, 1.807) is 24.3 Å². The Morgan fingerprint density at radius 1 is 0.862 bits per heavy atom. The zero-order valence-corrected chi connectivity index (χ0v) is 15.6. The van der Waals surface area contributed by atoms with E-state index in [0.29, 0.717) is 24.1 Å². The molecule has 1 amide bonds. The smallest absolute Gasteiger partial charge is 0.287 e. The second kappa shape index (κ2) is 8.44. The number of ether oxygens (including phenoxy) is 1. The molecule has 0 aliphatic carbocycles. The second-order valence-corrected chi connectivity index (χ2v) is 6.57. The Morgan fingerprint density at radius 2 is 1.59 bits per heavy atom. The molecule has 0 unspecified atom stereocenters. The van der Waals surface area contributed by atoms with Crippen molar-refractivity contribution in [3.8, 4) is 5.75 Å². The molecular formula is C24H19NO4. The number of carbonyl (C=O) groups excluding carboxylic acids is 1. The summed E-state index contributed by atoms with van der Waals surface area (Å²) in [5.41, 5.74) is 2.16. The van der Waals surface area contributed by atoms with Gasteiger partial charge in [-0.05, 0) is 35.4 Å². The molecule has 1 N–H and O–H groups in total. The quantitative estimate of drug-likeness (QED) is 0.537. The summed E-state index contributed by atoms with van der Waals surface area (Å²) in [6, 6.07) is 25.5. The highest BCUT2D eigenvalue weighted by Gasteiger charge is 2.12. The first-order valence-corrected chi connectivity index (χ1v) is 9.26. The zero-order valence-electron chi connectivity index (χ0n) is 15.6. The van der Waals surface area contributed by atoms with Gasteiger partial charge in [0, 0.05) is 12.6 Å². The fourth-order valence-corrected chi connectivity index (χ4v) is 2.93. The molecule has 5 heteroatoms. The van der Waals surface area contributed by atoms with E-state index >= 15 is 0 Å². The van der Waals surface area contributed by atoms with Gasteiger partial charge in [0.1, 0.15) is 17.9 Å². The van der Waals surface area contributed by atoms with Crippen molar-refractivity contribution < 1.29 is 13.9 Å². The minimum atomic E-state index is -0.433. The molecule has 4 rings (SSSR count). The van der Waals surface area contributed by atoms with E-state index in [4.69, 9.17) is 9.15 Å². The molecule has 5 nitrogen and oxygen atoms in total. The van der Waals surface area contributed by atoms with Crippen LogP contribution in [0.5, 0.6) is 5.75 Å². The third-order valence-corrected chi connectivity index (χ3v) is 4.48. The standard InChI is InChI=1S/C24H19NO4/c26-21-14-23(29-22-9-5-4-8-20(21)22)24(27)25-15-17-10-12-19(13-11-17)28-16-18-6-2-1-3-7-18/h1-14H,15-16H2,(H,25,27). The van der Waals surface area contributed by atoms with Crippen LogP contribution in [-0.4, -0.2) is 5.91 Å². The average molecular weight is 385 g/mol. The molecule has 0 aliphatic heterocycles. The van der Waals surface area contributed by atoms with E-state index in [0.717, 1.165) is 16.9 Å². The molecule has 0 aliphatic rings. The summed E-state index contributed by atoms with van der Waals surface area (Å²) in [6.45, 7) is 0.812. The Morgan fingerprint density at radius 3 is 2.38 bits per heavy atom. The molecule has 0 saturated carbocycles. The maximum absolute atomic E-state index is 12.4. The van der Waals surface area contributed by atoms with Crippen LogP contribution in [0.3, 0.4) is 0 Å². The Hall–Kier alpha value is -3.86. The molecule has 1 aromatic heterocycles. The van der Waals surface area contributed by atoms with Crippen molar-refractivity contribution in [1.82, 2.24) is 5.32 Å². The maximum atomic E-state index is 12.4. The number of carbonyl (C=O) groups is 1. The molecule has 3 aromatic carbocycles. The maximum Gasteiger partial charge on any atom is 0.287 e. The molecule has 0 bridgehead atoms. The van der Waals surface area contributed by atoms with Crippen LogP contribution >= 0.6 is 0 Å². The summed E-state index contributed by atoms with van der Waals surface area (Å²) in [5.74, 6) is 0.318. The summed E-state index contributed by atoms with van der Waals surface area (Å²) in [6.07, 6.45) is 0. The lowest BCUT2D eigenvalue weighted by atomic mass is 10.2. The van der Waals surface area contributed by atoms with E-state index in [2.05, 4.69) is 5.32 Å². The average Bonchev–Trinajstić information content (AvgIpc) is 2.77. The fraction of sp³-hybridized carbons (Fsp3) is 0.0833. The predicted octanol–water partition coefficient (Wildman–Crippen LogP) is 4.30. The third-order valence-electron chi connectivity index (χ3n) is 4.48. The Balaban J connectivity index is 1.36. The highest BCUT2D eigenvalue weighted by atomic mass is 16.5. The summed E-state index contributed by atoms with van der Waals surface area (Å²) in [7, 11) is 0. The number of benzene rings is 3. The van der Waals surface area contributed by atoms with Crippen LogP contribution in [0.2, 0.25) is 0 Å². The Labute approximate surface area is 167 Å². The highest BCUT2D eigenvalue weighted by Crippen LogP contribution is 2.15. The number of rotatable bonds is 6. The van der Waals surface area contributed by atoms with Gasteiger partial charge in [0.2, 0.25) is 0 Å². The van der Waals surface area contributed by atoms with E-state index in [1.165, 1.54) is 6.07 Å².